The highest BCUT2D eigenvalue weighted by molar-refractivity contribution is 7.91. The molecule has 1 aliphatic carbocycles. The van der Waals surface area contributed by atoms with E-state index in [1.807, 2.05) is 30.3 Å². The van der Waals surface area contributed by atoms with E-state index in [0.717, 1.165) is 37.7 Å². The van der Waals surface area contributed by atoms with Crippen molar-refractivity contribution in [2.45, 2.75) is 49.7 Å². The molecule has 0 radical (unpaired) electrons. The van der Waals surface area contributed by atoms with Gasteiger partial charge in [0, 0.05) is 7.11 Å². The molecule has 1 aromatic carbocycles. The quantitative estimate of drug-likeness (QED) is 0.898. The molecular weight excluding hydrogens is 326 g/mol. The van der Waals surface area contributed by atoms with E-state index in [0.29, 0.717) is 0 Å². The Hall–Kier alpha value is -1.40. The smallest absolute Gasteiger partial charge is 0.230 e. The van der Waals surface area contributed by atoms with Gasteiger partial charge in [-0.05, 0) is 18.4 Å². The summed E-state index contributed by atoms with van der Waals surface area (Å²) in [6.07, 6.45) is 4.31. The van der Waals surface area contributed by atoms with Crippen molar-refractivity contribution in [3.8, 4) is 0 Å². The number of hydrogen-bond acceptors (Lipinski definition) is 4. The van der Waals surface area contributed by atoms with Gasteiger partial charge in [-0.2, -0.15) is 0 Å². The number of carbonyl (C=O) groups excluding carboxylic acids is 1. The SMILES string of the molecule is CO[C@@H]1CS(=O)(=O)C[C@H]1NC(=O)C1(c2ccccc2)CCCCC1. The summed E-state index contributed by atoms with van der Waals surface area (Å²) in [5, 5.41) is 3.00. The number of amides is 1. The maximum absolute atomic E-state index is 13.2. The predicted octanol–water partition coefficient (Wildman–Crippen LogP) is 1.82. The summed E-state index contributed by atoms with van der Waals surface area (Å²) >= 11 is 0. The molecular formula is C18H25NO4S. The number of methoxy groups -OCH3 is 1. The van der Waals surface area contributed by atoms with Gasteiger partial charge in [-0.15, -0.1) is 0 Å². The van der Waals surface area contributed by atoms with Crippen molar-refractivity contribution >= 4 is 15.7 Å². The molecule has 2 aliphatic rings. The van der Waals surface area contributed by atoms with Crippen LogP contribution < -0.4 is 5.32 Å². The Morgan fingerprint density at radius 2 is 1.79 bits per heavy atom. The minimum Gasteiger partial charge on any atom is -0.378 e. The second-order valence-electron chi connectivity index (χ2n) is 6.94. The molecule has 3 rings (SSSR count). The van der Waals surface area contributed by atoms with Crippen LogP contribution in [-0.2, 0) is 24.8 Å². The van der Waals surface area contributed by atoms with Gasteiger partial charge in [-0.25, -0.2) is 8.42 Å². The van der Waals surface area contributed by atoms with E-state index in [9.17, 15) is 13.2 Å². The lowest BCUT2D eigenvalue weighted by Gasteiger charge is -2.37. The van der Waals surface area contributed by atoms with Gasteiger partial charge in [-0.3, -0.25) is 4.79 Å². The fourth-order valence-electron chi connectivity index (χ4n) is 4.05. The zero-order valence-electron chi connectivity index (χ0n) is 14.0. The van der Waals surface area contributed by atoms with Crippen LogP contribution in [0.4, 0.5) is 0 Å². The highest BCUT2D eigenvalue weighted by Gasteiger charge is 2.45. The Labute approximate surface area is 143 Å². The molecule has 0 spiro atoms. The van der Waals surface area contributed by atoms with Crippen LogP contribution in [0.3, 0.4) is 0 Å². The standard InChI is InChI=1S/C18H25NO4S/c1-23-16-13-24(21,22)12-15(16)19-17(20)18(10-6-3-7-11-18)14-8-4-2-5-9-14/h2,4-5,8-9,15-16H,3,6-7,10-13H2,1H3,(H,19,20)/t15-,16-/m1/s1. The van der Waals surface area contributed by atoms with Crippen molar-refractivity contribution in [3.63, 3.8) is 0 Å². The summed E-state index contributed by atoms with van der Waals surface area (Å²) in [4.78, 5) is 13.2. The van der Waals surface area contributed by atoms with Gasteiger partial charge in [-0.1, -0.05) is 49.6 Å². The molecule has 1 aliphatic heterocycles. The molecule has 6 heteroatoms. The Balaban J connectivity index is 1.85. The van der Waals surface area contributed by atoms with Gasteiger partial charge in [0.25, 0.3) is 0 Å². The van der Waals surface area contributed by atoms with Crippen molar-refractivity contribution < 1.29 is 17.9 Å². The topological polar surface area (TPSA) is 72.5 Å². The molecule has 2 fully saturated rings. The number of ether oxygens (including phenoxy) is 1. The van der Waals surface area contributed by atoms with Gasteiger partial charge in [0.15, 0.2) is 9.84 Å². The molecule has 2 atom stereocenters. The first kappa shape index (κ1) is 17.4. The molecule has 1 aromatic rings. The van der Waals surface area contributed by atoms with E-state index in [4.69, 9.17) is 4.74 Å². The van der Waals surface area contributed by atoms with E-state index in [1.165, 1.54) is 7.11 Å². The first-order valence-electron chi connectivity index (χ1n) is 8.57. The summed E-state index contributed by atoms with van der Waals surface area (Å²) in [5.41, 5.74) is 0.474. The van der Waals surface area contributed by atoms with Gasteiger partial charge in [0.2, 0.25) is 5.91 Å². The number of rotatable bonds is 4. The molecule has 1 heterocycles. The summed E-state index contributed by atoms with van der Waals surface area (Å²) in [6, 6.07) is 9.40. The minimum atomic E-state index is -3.16. The Morgan fingerprint density at radius 3 is 2.42 bits per heavy atom. The Bertz CT molecular complexity index is 680. The van der Waals surface area contributed by atoms with Crippen molar-refractivity contribution in [3.05, 3.63) is 35.9 Å². The Kier molecular flexibility index (Phi) is 4.97. The van der Waals surface area contributed by atoms with E-state index < -0.39 is 27.4 Å². The van der Waals surface area contributed by atoms with E-state index in [2.05, 4.69) is 5.32 Å². The van der Waals surface area contributed by atoms with Gasteiger partial charge in [0.1, 0.15) is 0 Å². The first-order valence-corrected chi connectivity index (χ1v) is 10.4. The van der Waals surface area contributed by atoms with Crippen molar-refractivity contribution in [1.82, 2.24) is 5.32 Å². The predicted molar refractivity (Wildman–Crippen MR) is 92.6 cm³/mol. The monoisotopic (exact) mass is 351 g/mol. The first-order chi connectivity index (χ1) is 11.5. The fraction of sp³-hybridized carbons (Fsp3) is 0.611. The number of benzene rings is 1. The number of nitrogens with one attached hydrogen (secondary N) is 1. The van der Waals surface area contributed by atoms with Crippen molar-refractivity contribution in [2.24, 2.45) is 0 Å². The Morgan fingerprint density at radius 1 is 1.12 bits per heavy atom. The molecule has 0 bridgehead atoms. The second kappa shape index (κ2) is 6.84. The molecule has 0 unspecified atom stereocenters. The lowest BCUT2D eigenvalue weighted by molar-refractivity contribution is -0.129. The van der Waals surface area contributed by atoms with Gasteiger partial charge in [0.05, 0.1) is 29.1 Å². The van der Waals surface area contributed by atoms with Crippen LogP contribution in [-0.4, -0.2) is 45.1 Å². The molecule has 5 nitrogen and oxygen atoms in total. The maximum atomic E-state index is 13.2. The fourth-order valence-corrected chi connectivity index (χ4v) is 5.90. The van der Waals surface area contributed by atoms with Crippen molar-refractivity contribution in [1.29, 1.82) is 0 Å². The van der Waals surface area contributed by atoms with Crippen LogP contribution in [0, 0.1) is 0 Å². The van der Waals surface area contributed by atoms with Crippen LogP contribution in [0.1, 0.15) is 37.7 Å². The zero-order valence-corrected chi connectivity index (χ0v) is 14.8. The highest BCUT2D eigenvalue weighted by atomic mass is 32.2. The molecule has 1 N–H and O–H groups in total. The lowest BCUT2D eigenvalue weighted by atomic mass is 9.68. The summed E-state index contributed by atoms with van der Waals surface area (Å²) in [5.74, 6) is -0.118. The molecule has 24 heavy (non-hydrogen) atoms. The van der Waals surface area contributed by atoms with Crippen LogP contribution in [0.25, 0.3) is 0 Å². The summed E-state index contributed by atoms with van der Waals surface area (Å²) in [6.45, 7) is 0. The average molecular weight is 351 g/mol. The van der Waals surface area contributed by atoms with E-state index in [1.54, 1.807) is 0 Å². The third-order valence-corrected chi connectivity index (χ3v) is 7.09. The van der Waals surface area contributed by atoms with Crippen LogP contribution in [0.2, 0.25) is 0 Å². The molecule has 1 saturated carbocycles. The van der Waals surface area contributed by atoms with Crippen molar-refractivity contribution in [2.75, 3.05) is 18.6 Å². The minimum absolute atomic E-state index is 0.0210. The van der Waals surface area contributed by atoms with Crippen LogP contribution in [0.15, 0.2) is 30.3 Å². The van der Waals surface area contributed by atoms with Crippen LogP contribution >= 0.6 is 0 Å². The largest absolute Gasteiger partial charge is 0.378 e. The number of sulfone groups is 1. The maximum Gasteiger partial charge on any atom is 0.230 e. The van der Waals surface area contributed by atoms with E-state index >= 15 is 0 Å². The molecule has 1 amide bonds. The molecule has 1 saturated heterocycles. The average Bonchev–Trinajstić information content (AvgIpc) is 2.90. The second-order valence-corrected chi connectivity index (χ2v) is 9.09. The third kappa shape index (κ3) is 3.35. The van der Waals surface area contributed by atoms with Gasteiger partial charge >= 0.3 is 0 Å². The highest BCUT2D eigenvalue weighted by Crippen LogP contribution is 2.40. The number of hydrogen-bond donors (Lipinski definition) is 1. The van der Waals surface area contributed by atoms with Gasteiger partial charge < -0.3 is 10.1 Å². The van der Waals surface area contributed by atoms with Crippen LogP contribution in [0.5, 0.6) is 0 Å². The molecule has 132 valence electrons. The normalized spacial score (nSPS) is 28.4. The summed E-state index contributed by atoms with van der Waals surface area (Å²) in [7, 11) is -1.66. The third-order valence-electron chi connectivity index (χ3n) is 5.39. The summed E-state index contributed by atoms with van der Waals surface area (Å²) < 4.78 is 29.1. The zero-order chi connectivity index (χ0) is 17.2. The lowest BCUT2D eigenvalue weighted by Crippen LogP contribution is -2.52. The van der Waals surface area contributed by atoms with E-state index in [-0.39, 0.29) is 17.4 Å². The number of carbonyl (C=O) groups is 1. The molecule has 0 aromatic heterocycles.